The fourth-order valence-corrected chi connectivity index (χ4v) is 3.64. The lowest BCUT2D eigenvalue weighted by Crippen LogP contribution is -2.23. The molecule has 102 valence electrons. The van der Waals surface area contributed by atoms with Crippen LogP contribution in [0.3, 0.4) is 0 Å². The van der Waals surface area contributed by atoms with Gasteiger partial charge in [-0.15, -0.1) is 0 Å². The summed E-state index contributed by atoms with van der Waals surface area (Å²) in [5.41, 5.74) is 5.90. The van der Waals surface area contributed by atoms with E-state index in [1.165, 1.54) is 18.3 Å². The highest BCUT2D eigenvalue weighted by atomic mass is 79.9. The Bertz CT molecular complexity index is 688. The molecule has 2 aromatic rings. The van der Waals surface area contributed by atoms with E-state index in [0.717, 1.165) is 0 Å². The van der Waals surface area contributed by atoms with E-state index in [2.05, 4.69) is 25.8 Å². The number of halogens is 2. The number of anilines is 1. The second kappa shape index (κ2) is 5.49. The molecule has 0 bridgehead atoms. The van der Waals surface area contributed by atoms with E-state index >= 15 is 0 Å². The average Bonchev–Trinajstić information content (AvgIpc) is 2.84. The molecule has 1 aromatic heterocycles. The van der Waals surface area contributed by atoms with Gasteiger partial charge in [-0.25, -0.2) is 13.1 Å². The summed E-state index contributed by atoms with van der Waals surface area (Å²) in [6, 6.07) is 4.33. The Hall–Kier alpha value is -1.09. The van der Waals surface area contributed by atoms with Gasteiger partial charge < -0.3 is 10.3 Å². The summed E-state index contributed by atoms with van der Waals surface area (Å²) >= 11 is 8.94. The molecule has 19 heavy (non-hydrogen) atoms. The first-order valence-electron chi connectivity index (χ1n) is 5.04. The first-order valence-corrected chi connectivity index (χ1v) is 7.69. The molecule has 9 heteroatoms. The van der Waals surface area contributed by atoms with Crippen LogP contribution in [0.25, 0.3) is 0 Å². The Kier molecular flexibility index (Phi) is 4.14. The van der Waals surface area contributed by atoms with Gasteiger partial charge in [-0.05, 0) is 28.1 Å². The largest absolute Gasteiger partial charge is 0.398 e. The number of rotatable bonds is 4. The van der Waals surface area contributed by atoms with Crippen LogP contribution in [0.5, 0.6) is 0 Å². The molecule has 0 unspecified atom stereocenters. The van der Waals surface area contributed by atoms with Gasteiger partial charge in [0.05, 0.1) is 22.1 Å². The Morgan fingerprint density at radius 1 is 1.47 bits per heavy atom. The average molecular weight is 367 g/mol. The lowest BCUT2D eigenvalue weighted by Gasteiger charge is -2.09. The van der Waals surface area contributed by atoms with Crippen molar-refractivity contribution in [3.63, 3.8) is 0 Å². The van der Waals surface area contributed by atoms with Crippen molar-refractivity contribution in [2.45, 2.75) is 11.4 Å². The molecule has 0 aliphatic rings. The van der Waals surface area contributed by atoms with Gasteiger partial charge in [-0.3, -0.25) is 0 Å². The van der Waals surface area contributed by atoms with Gasteiger partial charge in [-0.2, -0.15) is 0 Å². The van der Waals surface area contributed by atoms with Gasteiger partial charge in [0.1, 0.15) is 0 Å². The fraction of sp³-hybridized carbons (Fsp3) is 0.100. The molecule has 0 aliphatic carbocycles. The number of nitrogens with zero attached hydrogens (tertiary/aromatic N) is 1. The molecule has 0 radical (unpaired) electrons. The zero-order valence-electron chi connectivity index (χ0n) is 9.43. The fourth-order valence-electron chi connectivity index (χ4n) is 1.36. The van der Waals surface area contributed by atoms with E-state index in [4.69, 9.17) is 21.9 Å². The van der Waals surface area contributed by atoms with Crippen LogP contribution < -0.4 is 10.5 Å². The minimum atomic E-state index is -3.76. The quantitative estimate of drug-likeness (QED) is 0.808. The standard InChI is InChI=1S/C10H9BrClN3O3S/c11-10-8(13)3-6(12)4-9(10)19(16,17)15-5-7-1-2-14-18-7/h1-4,15H,5,13H2. The minimum absolute atomic E-state index is 0.0127. The van der Waals surface area contributed by atoms with Crippen molar-refractivity contribution in [3.05, 3.63) is 39.7 Å². The van der Waals surface area contributed by atoms with Crippen LogP contribution >= 0.6 is 27.5 Å². The number of nitrogen functional groups attached to an aromatic ring is 1. The Morgan fingerprint density at radius 3 is 2.84 bits per heavy atom. The van der Waals surface area contributed by atoms with E-state index < -0.39 is 10.0 Å². The zero-order valence-corrected chi connectivity index (χ0v) is 12.6. The molecule has 6 nitrogen and oxygen atoms in total. The van der Waals surface area contributed by atoms with Crippen molar-refractivity contribution in [2.24, 2.45) is 0 Å². The maximum absolute atomic E-state index is 12.1. The van der Waals surface area contributed by atoms with Crippen LogP contribution in [0.2, 0.25) is 5.02 Å². The van der Waals surface area contributed by atoms with Crippen molar-refractivity contribution in [3.8, 4) is 0 Å². The molecule has 0 atom stereocenters. The molecule has 0 spiro atoms. The maximum atomic E-state index is 12.1. The molecule has 2 rings (SSSR count). The number of aromatic nitrogens is 1. The normalized spacial score (nSPS) is 11.7. The van der Waals surface area contributed by atoms with Gasteiger partial charge in [0.15, 0.2) is 5.76 Å². The number of nitrogens with one attached hydrogen (secondary N) is 1. The van der Waals surface area contributed by atoms with Gasteiger partial charge in [-0.1, -0.05) is 16.8 Å². The third-order valence-electron chi connectivity index (χ3n) is 2.25. The molecular weight excluding hydrogens is 358 g/mol. The van der Waals surface area contributed by atoms with Crippen molar-refractivity contribution in [1.82, 2.24) is 9.88 Å². The monoisotopic (exact) mass is 365 g/mol. The van der Waals surface area contributed by atoms with Crippen molar-refractivity contribution in [1.29, 1.82) is 0 Å². The van der Waals surface area contributed by atoms with E-state index in [1.807, 2.05) is 0 Å². The van der Waals surface area contributed by atoms with Crippen molar-refractivity contribution >= 4 is 43.2 Å². The summed E-state index contributed by atoms with van der Waals surface area (Å²) in [6.45, 7) is -0.0127. The van der Waals surface area contributed by atoms with E-state index in [9.17, 15) is 8.42 Å². The summed E-state index contributed by atoms with van der Waals surface area (Å²) < 4.78 is 31.7. The number of hydrogen-bond donors (Lipinski definition) is 2. The van der Waals surface area contributed by atoms with Gasteiger partial charge >= 0.3 is 0 Å². The minimum Gasteiger partial charge on any atom is -0.398 e. The Morgan fingerprint density at radius 2 is 2.21 bits per heavy atom. The number of benzene rings is 1. The Labute approximate surface area is 123 Å². The molecule has 0 saturated heterocycles. The summed E-state index contributed by atoms with van der Waals surface area (Å²) in [5, 5.41) is 3.72. The molecular formula is C10H9BrClN3O3S. The van der Waals surface area contributed by atoms with Gasteiger partial charge in [0.2, 0.25) is 10.0 Å². The highest BCUT2D eigenvalue weighted by molar-refractivity contribution is 9.10. The Balaban J connectivity index is 2.29. The third kappa shape index (κ3) is 3.27. The first kappa shape index (κ1) is 14.3. The molecule has 0 saturated carbocycles. The summed E-state index contributed by atoms with van der Waals surface area (Å²) in [6.07, 6.45) is 1.43. The van der Waals surface area contributed by atoms with Crippen molar-refractivity contribution < 1.29 is 12.9 Å². The molecule has 3 N–H and O–H groups in total. The second-order valence-corrected chi connectivity index (χ2v) is 6.58. The molecule has 0 amide bonds. The smallest absolute Gasteiger partial charge is 0.242 e. The maximum Gasteiger partial charge on any atom is 0.242 e. The molecule has 1 heterocycles. The first-order chi connectivity index (χ1) is 8.90. The van der Waals surface area contributed by atoms with E-state index in [1.54, 1.807) is 6.07 Å². The predicted octanol–water partition coefficient (Wildman–Crippen LogP) is 2.15. The lowest BCUT2D eigenvalue weighted by molar-refractivity contribution is 0.380. The zero-order chi connectivity index (χ0) is 14.0. The van der Waals surface area contributed by atoms with Crippen LogP contribution in [0.15, 0.2) is 38.3 Å². The van der Waals surface area contributed by atoms with Crippen LogP contribution in [-0.2, 0) is 16.6 Å². The number of nitrogens with two attached hydrogens (primary N) is 1. The van der Waals surface area contributed by atoms with E-state index in [0.29, 0.717) is 5.76 Å². The SMILES string of the molecule is Nc1cc(Cl)cc(S(=O)(=O)NCc2ccno2)c1Br. The predicted molar refractivity (Wildman–Crippen MR) is 74.1 cm³/mol. The second-order valence-electron chi connectivity index (χ2n) is 3.61. The topological polar surface area (TPSA) is 98.2 Å². The van der Waals surface area contributed by atoms with Crippen LogP contribution in [0.1, 0.15) is 5.76 Å². The van der Waals surface area contributed by atoms with Crippen LogP contribution in [0.4, 0.5) is 5.69 Å². The van der Waals surface area contributed by atoms with Gasteiger partial charge in [0, 0.05) is 16.8 Å². The van der Waals surface area contributed by atoms with Crippen LogP contribution in [0, 0.1) is 0 Å². The number of sulfonamides is 1. The lowest BCUT2D eigenvalue weighted by atomic mass is 10.3. The summed E-state index contributed by atoms with van der Waals surface area (Å²) in [5.74, 6) is 0.398. The third-order valence-corrected chi connectivity index (χ3v) is 5.04. The molecule has 0 fully saturated rings. The summed E-state index contributed by atoms with van der Waals surface area (Å²) in [7, 11) is -3.76. The molecule has 1 aromatic carbocycles. The highest BCUT2D eigenvalue weighted by Crippen LogP contribution is 2.31. The van der Waals surface area contributed by atoms with Gasteiger partial charge in [0.25, 0.3) is 0 Å². The summed E-state index contributed by atoms with van der Waals surface area (Å²) in [4.78, 5) is -0.0305. The number of hydrogen-bond acceptors (Lipinski definition) is 5. The van der Waals surface area contributed by atoms with Crippen LogP contribution in [-0.4, -0.2) is 13.6 Å². The van der Waals surface area contributed by atoms with E-state index in [-0.39, 0.29) is 26.6 Å². The van der Waals surface area contributed by atoms with Crippen molar-refractivity contribution in [2.75, 3.05) is 5.73 Å². The highest BCUT2D eigenvalue weighted by Gasteiger charge is 2.20. The molecule has 0 aliphatic heterocycles.